The van der Waals surface area contributed by atoms with Gasteiger partial charge in [-0.25, -0.2) is 0 Å². The van der Waals surface area contributed by atoms with E-state index < -0.39 is 0 Å². The third kappa shape index (κ3) is 7.83. The van der Waals surface area contributed by atoms with Gasteiger partial charge in [0.1, 0.15) is 0 Å². The first-order valence-corrected chi connectivity index (χ1v) is 5.53. The molecule has 0 radical (unpaired) electrons. The van der Waals surface area contributed by atoms with Crippen LogP contribution in [0.1, 0.15) is 59.3 Å². The summed E-state index contributed by atoms with van der Waals surface area (Å²) in [6.07, 6.45) is 9.75. The Morgan fingerprint density at radius 3 is 2.46 bits per heavy atom. The average Bonchev–Trinajstić information content (AvgIpc) is 2.14. The molecule has 0 heterocycles. The van der Waals surface area contributed by atoms with Crippen molar-refractivity contribution in [3.63, 3.8) is 0 Å². The van der Waals surface area contributed by atoms with Crippen molar-refractivity contribution in [3.05, 3.63) is 23.8 Å². The Hall–Kier alpha value is -0.520. The lowest BCUT2D eigenvalue weighted by atomic mass is 10.1. The lowest BCUT2D eigenvalue weighted by molar-refractivity contribution is 0.780. The Morgan fingerprint density at radius 2 is 1.92 bits per heavy atom. The van der Waals surface area contributed by atoms with Gasteiger partial charge in [-0.3, -0.25) is 0 Å². The van der Waals surface area contributed by atoms with E-state index in [-0.39, 0.29) is 0 Å². The standard InChI is InChI=1S/C13H24/c1-5-7-9-13(4)11-8-10-12(3)6-2/h11H,3,5-10H2,1-2,4H3. The van der Waals surface area contributed by atoms with Crippen molar-refractivity contribution in [2.75, 3.05) is 0 Å². The Balaban J connectivity index is 3.52. The third-order valence-corrected chi connectivity index (χ3v) is 2.42. The fraction of sp³-hybridized carbons (Fsp3) is 0.692. The fourth-order valence-electron chi connectivity index (χ4n) is 1.26. The van der Waals surface area contributed by atoms with Crippen LogP contribution in [-0.2, 0) is 0 Å². The van der Waals surface area contributed by atoms with E-state index in [4.69, 9.17) is 0 Å². The van der Waals surface area contributed by atoms with Crippen molar-refractivity contribution < 1.29 is 0 Å². The van der Waals surface area contributed by atoms with Crippen LogP contribution in [-0.4, -0.2) is 0 Å². The molecule has 0 saturated carbocycles. The topological polar surface area (TPSA) is 0 Å². The number of unbranched alkanes of at least 4 members (excludes halogenated alkanes) is 1. The van der Waals surface area contributed by atoms with Crippen LogP contribution in [0.25, 0.3) is 0 Å². The zero-order chi connectivity index (χ0) is 10.1. The predicted molar refractivity (Wildman–Crippen MR) is 61.9 cm³/mol. The summed E-state index contributed by atoms with van der Waals surface area (Å²) >= 11 is 0. The summed E-state index contributed by atoms with van der Waals surface area (Å²) in [6.45, 7) is 10.7. The van der Waals surface area contributed by atoms with Crippen molar-refractivity contribution in [1.82, 2.24) is 0 Å². The zero-order valence-electron chi connectivity index (χ0n) is 9.53. The minimum Gasteiger partial charge on any atom is -0.0999 e. The van der Waals surface area contributed by atoms with Crippen LogP contribution in [0.15, 0.2) is 23.8 Å². The van der Waals surface area contributed by atoms with Crippen LogP contribution in [0.4, 0.5) is 0 Å². The van der Waals surface area contributed by atoms with Gasteiger partial charge in [0.15, 0.2) is 0 Å². The maximum absolute atomic E-state index is 4.00. The van der Waals surface area contributed by atoms with Gasteiger partial charge in [-0.2, -0.15) is 0 Å². The summed E-state index contributed by atoms with van der Waals surface area (Å²) in [6, 6.07) is 0. The molecule has 0 rings (SSSR count). The molecule has 0 aromatic rings. The largest absolute Gasteiger partial charge is 0.0999 e. The van der Waals surface area contributed by atoms with Crippen LogP contribution in [0.2, 0.25) is 0 Å². The highest BCUT2D eigenvalue weighted by molar-refractivity contribution is 5.01. The maximum Gasteiger partial charge on any atom is -0.0288 e. The molecule has 0 aliphatic heterocycles. The molecule has 76 valence electrons. The number of allylic oxidation sites excluding steroid dienone is 3. The first kappa shape index (κ1) is 12.5. The van der Waals surface area contributed by atoms with E-state index in [1.54, 1.807) is 5.57 Å². The van der Waals surface area contributed by atoms with Crippen molar-refractivity contribution in [1.29, 1.82) is 0 Å². The van der Waals surface area contributed by atoms with Gasteiger partial charge < -0.3 is 0 Å². The summed E-state index contributed by atoms with van der Waals surface area (Å²) in [5, 5.41) is 0. The Morgan fingerprint density at radius 1 is 1.23 bits per heavy atom. The molecule has 0 aromatic carbocycles. The normalized spacial score (nSPS) is 11.8. The predicted octanol–water partition coefficient (Wildman–Crippen LogP) is 4.87. The van der Waals surface area contributed by atoms with Gasteiger partial charge in [0.2, 0.25) is 0 Å². The van der Waals surface area contributed by atoms with Crippen molar-refractivity contribution >= 4 is 0 Å². The second-order valence-electron chi connectivity index (χ2n) is 3.80. The molecule has 0 aromatic heterocycles. The molecule has 0 aliphatic rings. The second-order valence-corrected chi connectivity index (χ2v) is 3.80. The first-order chi connectivity index (χ1) is 6.20. The van der Waals surface area contributed by atoms with E-state index >= 15 is 0 Å². The fourth-order valence-corrected chi connectivity index (χ4v) is 1.26. The van der Waals surface area contributed by atoms with Gasteiger partial charge in [-0.05, 0) is 39.0 Å². The van der Waals surface area contributed by atoms with E-state index in [2.05, 4.69) is 33.4 Å². The van der Waals surface area contributed by atoms with E-state index in [1.807, 2.05) is 0 Å². The van der Waals surface area contributed by atoms with Crippen LogP contribution in [0, 0.1) is 0 Å². The van der Waals surface area contributed by atoms with Crippen molar-refractivity contribution in [3.8, 4) is 0 Å². The van der Waals surface area contributed by atoms with Gasteiger partial charge in [0.05, 0.1) is 0 Å². The third-order valence-electron chi connectivity index (χ3n) is 2.42. The highest BCUT2D eigenvalue weighted by Gasteiger charge is 1.91. The van der Waals surface area contributed by atoms with Gasteiger partial charge in [0.25, 0.3) is 0 Å². The summed E-state index contributed by atoms with van der Waals surface area (Å²) in [5.74, 6) is 0. The van der Waals surface area contributed by atoms with Crippen LogP contribution >= 0.6 is 0 Å². The molecule has 0 amide bonds. The molecule has 0 saturated heterocycles. The summed E-state index contributed by atoms with van der Waals surface area (Å²) in [7, 11) is 0. The SMILES string of the molecule is C=C(CC)CCC=C(C)CCCC. The second kappa shape index (κ2) is 8.10. The van der Waals surface area contributed by atoms with Gasteiger partial charge in [0, 0.05) is 0 Å². The highest BCUT2D eigenvalue weighted by atomic mass is 14.0. The first-order valence-electron chi connectivity index (χ1n) is 5.53. The summed E-state index contributed by atoms with van der Waals surface area (Å²) < 4.78 is 0. The molecule has 0 bridgehead atoms. The summed E-state index contributed by atoms with van der Waals surface area (Å²) in [5.41, 5.74) is 2.92. The highest BCUT2D eigenvalue weighted by Crippen LogP contribution is 2.11. The molecule has 0 aliphatic carbocycles. The lowest BCUT2D eigenvalue weighted by Gasteiger charge is -2.01. The Kier molecular flexibility index (Phi) is 7.77. The molecule has 0 fully saturated rings. The van der Waals surface area contributed by atoms with Crippen molar-refractivity contribution in [2.45, 2.75) is 59.3 Å². The molecule has 0 heteroatoms. The number of hydrogen-bond donors (Lipinski definition) is 0. The van der Waals surface area contributed by atoms with Gasteiger partial charge >= 0.3 is 0 Å². The average molecular weight is 180 g/mol. The van der Waals surface area contributed by atoms with E-state index in [1.165, 1.54) is 37.7 Å². The van der Waals surface area contributed by atoms with E-state index in [9.17, 15) is 0 Å². The zero-order valence-corrected chi connectivity index (χ0v) is 9.53. The quantitative estimate of drug-likeness (QED) is 0.490. The summed E-state index contributed by atoms with van der Waals surface area (Å²) in [4.78, 5) is 0. The molecular weight excluding hydrogens is 156 g/mol. The monoisotopic (exact) mass is 180 g/mol. The lowest BCUT2D eigenvalue weighted by Crippen LogP contribution is -1.80. The number of rotatable bonds is 7. The number of hydrogen-bond acceptors (Lipinski definition) is 0. The minimum absolute atomic E-state index is 1.13. The van der Waals surface area contributed by atoms with Crippen LogP contribution < -0.4 is 0 Å². The molecular formula is C13H24. The molecule has 0 spiro atoms. The maximum atomic E-state index is 4.00. The molecule has 0 atom stereocenters. The minimum atomic E-state index is 1.13. The Labute approximate surface area is 83.7 Å². The van der Waals surface area contributed by atoms with E-state index in [0.29, 0.717) is 0 Å². The smallest absolute Gasteiger partial charge is 0.0288 e. The molecule has 13 heavy (non-hydrogen) atoms. The Bertz CT molecular complexity index is 163. The van der Waals surface area contributed by atoms with E-state index in [0.717, 1.165) is 6.42 Å². The molecule has 0 unspecified atom stereocenters. The van der Waals surface area contributed by atoms with Gasteiger partial charge in [-0.15, -0.1) is 0 Å². The van der Waals surface area contributed by atoms with Gasteiger partial charge in [-0.1, -0.05) is 44.1 Å². The van der Waals surface area contributed by atoms with Crippen LogP contribution in [0.5, 0.6) is 0 Å². The van der Waals surface area contributed by atoms with Crippen LogP contribution in [0.3, 0.4) is 0 Å². The van der Waals surface area contributed by atoms with Crippen molar-refractivity contribution in [2.24, 2.45) is 0 Å². The molecule has 0 N–H and O–H groups in total. The molecule has 0 nitrogen and oxygen atoms in total.